The Kier molecular flexibility index (Phi) is 6.77. The molecule has 0 spiro atoms. The molecule has 0 saturated carbocycles. The molecule has 0 unspecified atom stereocenters. The Morgan fingerprint density at radius 1 is 1.10 bits per heavy atom. The lowest BCUT2D eigenvalue weighted by Gasteiger charge is -2.39. The van der Waals surface area contributed by atoms with Crippen molar-refractivity contribution in [2.45, 2.75) is 13.0 Å². The maximum Gasteiger partial charge on any atom is 0.246 e. The lowest BCUT2D eigenvalue weighted by molar-refractivity contribution is -0.132. The number of anilines is 2. The Balaban J connectivity index is 1.72. The van der Waals surface area contributed by atoms with Crippen molar-refractivity contribution >= 4 is 38.9 Å². The van der Waals surface area contributed by atoms with E-state index < -0.39 is 16.1 Å². The van der Waals surface area contributed by atoms with Gasteiger partial charge in [-0.2, -0.15) is 0 Å². The molecule has 0 N–H and O–H groups in total. The van der Waals surface area contributed by atoms with Crippen molar-refractivity contribution in [2.24, 2.45) is 0 Å². The highest BCUT2D eigenvalue weighted by Crippen LogP contribution is 2.25. The summed E-state index contributed by atoms with van der Waals surface area (Å²) in [6.45, 7) is 3.95. The monoisotopic (exact) mass is 451 g/mol. The summed E-state index contributed by atoms with van der Waals surface area (Å²) in [7, 11) is -2.12. The van der Waals surface area contributed by atoms with Gasteiger partial charge in [0, 0.05) is 36.9 Å². The highest BCUT2D eigenvalue weighted by atomic mass is 35.5. The summed E-state index contributed by atoms with van der Waals surface area (Å²) in [5.74, 6) is 0.394. The average molecular weight is 452 g/mol. The third-order valence-corrected chi connectivity index (χ3v) is 6.63. The molecular weight excluding hydrogens is 426 g/mol. The van der Waals surface area contributed by atoms with Crippen LogP contribution in [0.5, 0.6) is 5.75 Å². The quantitative estimate of drug-likeness (QED) is 0.675. The molecule has 1 amide bonds. The van der Waals surface area contributed by atoms with Crippen LogP contribution in [0.4, 0.5) is 11.4 Å². The topological polar surface area (TPSA) is 70.2 Å². The zero-order chi connectivity index (χ0) is 21.9. The van der Waals surface area contributed by atoms with E-state index in [1.165, 1.54) is 0 Å². The first-order valence-corrected chi connectivity index (χ1v) is 11.9. The number of sulfonamides is 1. The number of piperazine rings is 1. The SMILES string of the molecule is COc1ccc(N([C@@H](C)C(=O)N2CCN(c3cccc(Cl)c3)CC2)S(C)(=O)=O)cc1. The van der Waals surface area contributed by atoms with Crippen molar-refractivity contribution in [3.05, 3.63) is 53.6 Å². The van der Waals surface area contributed by atoms with E-state index in [2.05, 4.69) is 4.90 Å². The van der Waals surface area contributed by atoms with E-state index in [4.69, 9.17) is 16.3 Å². The van der Waals surface area contributed by atoms with Gasteiger partial charge < -0.3 is 14.5 Å². The predicted molar refractivity (Wildman–Crippen MR) is 120 cm³/mol. The Hall–Kier alpha value is -2.45. The second-order valence-electron chi connectivity index (χ2n) is 7.23. The number of amides is 1. The van der Waals surface area contributed by atoms with Gasteiger partial charge in [0.25, 0.3) is 0 Å². The molecule has 162 valence electrons. The number of halogens is 1. The highest BCUT2D eigenvalue weighted by Gasteiger charge is 2.33. The first-order valence-electron chi connectivity index (χ1n) is 9.63. The third kappa shape index (κ3) is 4.99. The van der Waals surface area contributed by atoms with E-state index in [0.717, 1.165) is 16.2 Å². The number of ether oxygens (including phenoxy) is 1. The maximum atomic E-state index is 13.1. The van der Waals surface area contributed by atoms with Crippen LogP contribution in [0.1, 0.15) is 6.92 Å². The van der Waals surface area contributed by atoms with E-state index in [9.17, 15) is 13.2 Å². The molecule has 3 rings (SSSR count). The van der Waals surface area contributed by atoms with Crippen LogP contribution in [-0.4, -0.2) is 64.8 Å². The molecule has 30 heavy (non-hydrogen) atoms. The number of carbonyl (C=O) groups excluding carboxylic acids is 1. The molecule has 1 saturated heterocycles. The largest absolute Gasteiger partial charge is 0.497 e. The zero-order valence-corrected chi connectivity index (χ0v) is 18.9. The molecule has 0 aromatic heterocycles. The van der Waals surface area contributed by atoms with E-state index in [1.807, 2.05) is 24.3 Å². The molecule has 1 aliphatic rings. The normalized spacial score (nSPS) is 15.6. The molecule has 1 atom stereocenters. The number of hydrogen-bond acceptors (Lipinski definition) is 5. The lowest BCUT2D eigenvalue weighted by atomic mass is 10.2. The number of benzene rings is 2. The van der Waals surface area contributed by atoms with Crippen LogP contribution >= 0.6 is 11.6 Å². The molecule has 2 aromatic carbocycles. The van der Waals surface area contributed by atoms with Crippen molar-refractivity contribution < 1.29 is 17.9 Å². The molecule has 7 nitrogen and oxygen atoms in total. The van der Waals surface area contributed by atoms with Gasteiger partial charge in [-0.05, 0) is 49.4 Å². The maximum absolute atomic E-state index is 13.1. The van der Waals surface area contributed by atoms with Crippen LogP contribution < -0.4 is 13.9 Å². The average Bonchev–Trinajstić information content (AvgIpc) is 2.73. The fraction of sp³-hybridized carbons (Fsp3) is 0.381. The number of carbonyl (C=O) groups is 1. The van der Waals surface area contributed by atoms with Gasteiger partial charge in [-0.25, -0.2) is 8.42 Å². The van der Waals surface area contributed by atoms with Crippen molar-refractivity contribution in [1.82, 2.24) is 4.90 Å². The minimum atomic E-state index is -3.66. The van der Waals surface area contributed by atoms with Gasteiger partial charge >= 0.3 is 0 Å². The predicted octanol–water partition coefficient (Wildman–Crippen LogP) is 2.85. The van der Waals surface area contributed by atoms with Crippen LogP contribution in [0.25, 0.3) is 0 Å². The Labute approximate surface area is 182 Å². The highest BCUT2D eigenvalue weighted by molar-refractivity contribution is 7.92. The van der Waals surface area contributed by atoms with Gasteiger partial charge in [0.15, 0.2) is 0 Å². The van der Waals surface area contributed by atoms with E-state index in [-0.39, 0.29) is 5.91 Å². The Morgan fingerprint density at radius 2 is 1.73 bits per heavy atom. The molecule has 0 radical (unpaired) electrons. The van der Waals surface area contributed by atoms with Crippen LogP contribution in [-0.2, 0) is 14.8 Å². The van der Waals surface area contributed by atoms with Crippen LogP contribution in [0.2, 0.25) is 5.02 Å². The first kappa shape index (κ1) is 22.2. The van der Waals surface area contributed by atoms with E-state index in [0.29, 0.717) is 42.6 Å². The van der Waals surface area contributed by atoms with Crippen LogP contribution in [0.15, 0.2) is 48.5 Å². The summed E-state index contributed by atoms with van der Waals surface area (Å²) in [6.07, 6.45) is 1.11. The smallest absolute Gasteiger partial charge is 0.246 e. The summed E-state index contributed by atoms with van der Waals surface area (Å²) >= 11 is 6.08. The van der Waals surface area contributed by atoms with Gasteiger partial charge in [-0.3, -0.25) is 9.10 Å². The van der Waals surface area contributed by atoms with Crippen molar-refractivity contribution in [3.8, 4) is 5.75 Å². The number of nitrogens with zero attached hydrogens (tertiary/aromatic N) is 3. The van der Waals surface area contributed by atoms with Crippen molar-refractivity contribution in [2.75, 3.05) is 48.7 Å². The second kappa shape index (κ2) is 9.14. The zero-order valence-electron chi connectivity index (χ0n) is 17.3. The molecule has 1 heterocycles. The number of rotatable bonds is 6. The van der Waals surface area contributed by atoms with Crippen LogP contribution in [0.3, 0.4) is 0 Å². The minimum absolute atomic E-state index is 0.220. The summed E-state index contributed by atoms with van der Waals surface area (Å²) in [5.41, 5.74) is 1.44. The Bertz CT molecular complexity index is 990. The summed E-state index contributed by atoms with van der Waals surface area (Å²) in [6, 6.07) is 13.4. The number of hydrogen-bond donors (Lipinski definition) is 0. The van der Waals surface area contributed by atoms with E-state index >= 15 is 0 Å². The fourth-order valence-electron chi connectivity index (χ4n) is 3.65. The van der Waals surface area contributed by atoms with Gasteiger partial charge in [0.05, 0.1) is 19.1 Å². The van der Waals surface area contributed by atoms with Crippen molar-refractivity contribution in [1.29, 1.82) is 0 Å². The molecule has 1 fully saturated rings. The van der Waals surface area contributed by atoms with Gasteiger partial charge in [-0.15, -0.1) is 0 Å². The Morgan fingerprint density at radius 3 is 2.27 bits per heavy atom. The third-order valence-electron chi connectivity index (χ3n) is 5.16. The molecule has 0 bridgehead atoms. The molecule has 1 aliphatic heterocycles. The molecular formula is C21H26ClN3O4S. The molecule has 9 heteroatoms. The van der Waals surface area contributed by atoms with Crippen molar-refractivity contribution in [3.63, 3.8) is 0 Å². The molecule has 2 aromatic rings. The van der Waals surface area contributed by atoms with Gasteiger partial charge in [0.1, 0.15) is 11.8 Å². The van der Waals surface area contributed by atoms with Gasteiger partial charge in [0.2, 0.25) is 15.9 Å². The second-order valence-corrected chi connectivity index (χ2v) is 9.52. The fourth-order valence-corrected chi connectivity index (χ4v) is 5.01. The molecule has 0 aliphatic carbocycles. The lowest BCUT2D eigenvalue weighted by Crippen LogP contribution is -2.55. The standard InChI is InChI=1S/C21H26ClN3O4S/c1-16(25(30(3,27)28)18-7-9-20(29-2)10-8-18)21(26)24-13-11-23(12-14-24)19-6-4-5-17(22)15-19/h4-10,15-16H,11-14H2,1-3H3/t16-/m0/s1. The van der Waals surface area contributed by atoms with E-state index in [1.54, 1.807) is 43.2 Å². The summed E-state index contributed by atoms with van der Waals surface area (Å²) in [4.78, 5) is 17.0. The van der Waals surface area contributed by atoms with Gasteiger partial charge in [-0.1, -0.05) is 17.7 Å². The summed E-state index contributed by atoms with van der Waals surface area (Å²) in [5, 5.41) is 0.669. The minimum Gasteiger partial charge on any atom is -0.497 e. The summed E-state index contributed by atoms with van der Waals surface area (Å²) < 4.78 is 31.3. The number of methoxy groups -OCH3 is 1. The first-order chi connectivity index (χ1) is 14.2. The van der Waals surface area contributed by atoms with Crippen LogP contribution in [0, 0.1) is 0 Å².